The normalized spacial score (nSPS) is 17.4. The first-order valence-electron chi connectivity index (χ1n) is 7.15. The van der Waals surface area contributed by atoms with Crippen molar-refractivity contribution >= 4 is 5.71 Å². The third-order valence-corrected chi connectivity index (χ3v) is 3.37. The second kappa shape index (κ2) is 7.95. The number of benzene rings is 1. The summed E-state index contributed by atoms with van der Waals surface area (Å²) in [7, 11) is 0. The van der Waals surface area contributed by atoms with Gasteiger partial charge in [-0.3, -0.25) is 0 Å². The van der Waals surface area contributed by atoms with Crippen LogP contribution in [0.25, 0.3) is 0 Å². The summed E-state index contributed by atoms with van der Waals surface area (Å²) in [6.45, 7) is 3.05. The lowest BCUT2D eigenvalue weighted by atomic mass is 9.98. The van der Waals surface area contributed by atoms with Crippen molar-refractivity contribution in [2.24, 2.45) is 5.16 Å². The maximum Gasteiger partial charge on any atom is 0.142 e. The highest BCUT2D eigenvalue weighted by Gasteiger charge is 2.13. The van der Waals surface area contributed by atoms with Crippen molar-refractivity contribution in [3.63, 3.8) is 0 Å². The molecule has 0 spiro atoms. The molecule has 1 aromatic carbocycles. The van der Waals surface area contributed by atoms with Gasteiger partial charge in [0.15, 0.2) is 0 Å². The van der Waals surface area contributed by atoms with Crippen molar-refractivity contribution in [2.45, 2.75) is 51.7 Å². The molecular weight excluding hydrogens is 238 g/mol. The molecule has 0 saturated heterocycles. The summed E-state index contributed by atoms with van der Waals surface area (Å²) >= 11 is 0. The van der Waals surface area contributed by atoms with Gasteiger partial charge in [-0.05, 0) is 25.3 Å². The second-order valence-electron chi connectivity index (χ2n) is 5.16. The second-order valence-corrected chi connectivity index (χ2v) is 5.16. The number of hydrogen-bond acceptors (Lipinski definition) is 3. The van der Waals surface area contributed by atoms with E-state index in [1.807, 2.05) is 37.3 Å². The fraction of sp³-hybridized carbons (Fsp3) is 0.562. The highest BCUT2D eigenvalue weighted by Crippen LogP contribution is 2.20. The van der Waals surface area contributed by atoms with E-state index >= 15 is 0 Å². The Balaban J connectivity index is 1.64. The van der Waals surface area contributed by atoms with Gasteiger partial charge in [0, 0.05) is 0 Å². The van der Waals surface area contributed by atoms with Crippen LogP contribution in [-0.4, -0.2) is 18.4 Å². The molecule has 1 aromatic rings. The third kappa shape index (κ3) is 5.43. The predicted molar refractivity (Wildman–Crippen MR) is 77.2 cm³/mol. The average molecular weight is 261 g/mol. The van der Waals surface area contributed by atoms with Crippen LogP contribution in [0.3, 0.4) is 0 Å². The van der Waals surface area contributed by atoms with Crippen LogP contribution in [0.4, 0.5) is 0 Å². The van der Waals surface area contributed by atoms with E-state index in [-0.39, 0.29) is 0 Å². The van der Waals surface area contributed by atoms with Crippen LogP contribution < -0.4 is 0 Å². The molecule has 0 aliphatic heterocycles. The van der Waals surface area contributed by atoms with E-state index in [2.05, 4.69) is 5.16 Å². The molecule has 0 bridgehead atoms. The van der Waals surface area contributed by atoms with Crippen LogP contribution in [0.1, 0.15) is 44.6 Å². The first-order chi connectivity index (χ1) is 9.34. The van der Waals surface area contributed by atoms with Crippen molar-refractivity contribution in [1.82, 2.24) is 0 Å². The van der Waals surface area contributed by atoms with Gasteiger partial charge in [0.2, 0.25) is 0 Å². The van der Waals surface area contributed by atoms with Crippen molar-refractivity contribution in [1.29, 1.82) is 0 Å². The zero-order valence-electron chi connectivity index (χ0n) is 11.7. The van der Waals surface area contributed by atoms with Gasteiger partial charge in [0.05, 0.1) is 18.4 Å². The van der Waals surface area contributed by atoms with E-state index in [1.165, 1.54) is 32.1 Å². The van der Waals surface area contributed by atoms with Gasteiger partial charge >= 0.3 is 0 Å². The minimum Gasteiger partial charge on any atom is -0.391 e. The highest BCUT2D eigenvalue weighted by molar-refractivity contribution is 5.82. The summed E-state index contributed by atoms with van der Waals surface area (Å²) in [6.07, 6.45) is 6.76. The van der Waals surface area contributed by atoms with Crippen molar-refractivity contribution in [3.8, 4) is 0 Å². The maximum atomic E-state index is 5.84. The van der Waals surface area contributed by atoms with Crippen molar-refractivity contribution in [2.75, 3.05) is 6.61 Å². The van der Waals surface area contributed by atoms with Crippen LogP contribution >= 0.6 is 0 Å². The number of oxime groups is 1. The average Bonchev–Trinajstić information content (AvgIpc) is 2.47. The Labute approximate surface area is 115 Å². The van der Waals surface area contributed by atoms with E-state index in [0.29, 0.717) is 19.3 Å². The molecule has 1 aliphatic rings. The lowest BCUT2D eigenvalue weighted by Crippen LogP contribution is -2.19. The number of rotatable bonds is 6. The topological polar surface area (TPSA) is 30.8 Å². The highest BCUT2D eigenvalue weighted by atomic mass is 16.6. The first-order valence-corrected chi connectivity index (χ1v) is 7.15. The van der Waals surface area contributed by atoms with Gasteiger partial charge in [-0.25, -0.2) is 0 Å². The number of ether oxygens (including phenoxy) is 1. The van der Waals surface area contributed by atoms with Crippen LogP contribution in [0, 0.1) is 0 Å². The molecule has 0 atom stereocenters. The van der Waals surface area contributed by atoms with Gasteiger partial charge in [-0.15, -0.1) is 0 Å². The quantitative estimate of drug-likeness (QED) is 0.574. The lowest BCUT2D eigenvalue weighted by molar-refractivity contribution is 0.0495. The van der Waals surface area contributed by atoms with Crippen LogP contribution in [-0.2, 0) is 16.2 Å². The van der Waals surface area contributed by atoms with E-state index in [1.54, 1.807) is 0 Å². The molecule has 1 saturated carbocycles. The summed E-state index contributed by atoms with van der Waals surface area (Å²) in [6, 6.07) is 10.1. The third-order valence-electron chi connectivity index (χ3n) is 3.37. The summed E-state index contributed by atoms with van der Waals surface area (Å²) in [5.41, 5.74) is 2.04. The Morgan fingerprint density at radius 2 is 1.89 bits per heavy atom. The Morgan fingerprint density at radius 3 is 2.63 bits per heavy atom. The Hall–Kier alpha value is -1.35. The van der Waals surface area contributed by atoms with Gasteiger partial charge in [0.1, 0.15) is 6.61 Å². The van der Waals surface area contributed by atoms with Gasteiger partial charge in [-0.1, -0.05) is 54.8 Å². The SMILES string of the molecule is CC(COC1CCCCC1)=NOCc1ccccc1. The zero-order valence-corrected chi connectivity index (χ0v) is 11.7. The first kappa shape index (κ1) is 14.1. The maximum absolute atomic E-state index is 5.84. The molecule has 104 valence electrons. The Kier molecular flexibility index (Phi) is 5.89. The molecule has 0 N–H and O–H groups in total. The monoisotopic (exact) mass is 261 g/mol. The van der Waals surface area contributed by atoms with Crippen molar-refractivity contribution < 1.29 is 9.57 Å². The Bertz CT molecular complexity index is 383. The zero-order chi connectivity index (χ0) is 13.3. The molecule has 0 aromatic heterocycles. The van der Waals surface area contributed by atoms with E-state index < -0.39 is 0 Å². The Morgan fingerprint density at radius 1 is 1.16 bits per heavy atom. The summed E-state index contributed by atoms with van der Waals surface area (Å²) < 4.78 is 5.84. The lowest BCUT2D eigenvalue weighted by Gasteiger charge is -2.21. The standard InChI is InChI=1S/C16H23NO2/c1-14(12-18-16-10-6-3-7-11-16)17-19-13-15-8-4-2-5-9-15/h2,4-5,8-9,16H,3,6-7,10-13H2,1H3. The van der Waals surface area contributed by atoms with Gasteiger partial charge < -0.3 is 9.57 Å². The fourth-order valence-electron chi connectivity index (χ4n) is 2.29. The minimum absolute atomic E-state index is 0.424. The molecule has 3 heteroatoms. The molecule has 3 nitrogen and oxygen atoms in total. The van der Waals surface area contributed by atoms with E-state index in [4.69, 9.17) is 9.57 Å². The molecule has 0 heterocycles. The summed E-state index contributed by atoms with van der Waals surface area (Å²) in [5, 5.41) is 4.10. The number of hydrogen-bond donors (Lipinski definition) is 0. The van der Waals surface area contributed by atoms with E-state index in [9.17, 15) is 0 Å². The largest absolute Gasteiger partial charge is 0.391 e. The molecular formula is C16H23NO2. The van der Waals surface area contributed by atoms with Crippen LogP contribution in [0.5, 0.6) is 0 Å². The molecule has 2 rings (SSSR count). The summed E-state index contributed by atoms with van der Waals surface area (Å²) in [5.74, 6) is 0. The van der Waals surface area contributed by atoms with E-state index in [0.717, 1.165) is 11.3 Å². The number of nitrogens with zero attached hydrogens (tertiary/aromatic N) is 1. The fourth-order valence-corrected chi connectivity index (χ4v) is 2.29. The van der Waals surface area contributed by atoms with Gasteiger partial charge in [0.25, 0.3) is 0 Å². The molecule has 1 aliphatic carbocycles. The minimum atomic E-state index is 0.424. The van der Waals surface area contributed by atoms with Crippen LogP contribution in [0.15, 0.2) is 35.5 Å². The van der Waals surface area contributed by atoms with Crippen LogP contribution in [0.2, 0.25) is 0 Å². The smallest absolute Gasteiger partial charge is 0.142 e. The molecule has 0 radical (unpaired) electrons. The molecule has 0 unspecified atom stereocenters. The van der Waals surface area contributed by atoms with Gasteiger partial charge in [-0.2, -0.15) is 0 Å². The predicted octanol–water partition coefficient (Wildman–Crippen LogP) is 3.93. The molecule has 1 fully saturated rings. The molecule has 0 amide bonds. The molecule has 19 heavy (non-hydrogen) atoms. The van der Waals surface area contributed by atoms with Crippen molar-refractivity contribution in [3.05, 3.63) is 35.9 Å². The summed E-state index contributed by atoms with van der Waals surface area (Å²) in [4.78, 5) is 5.33.